The number of hydrogen-bond acceptors (Lipinski definition) is 4. The van der Waals surface area contributed by atoms with Gasteiger partial charge in [0.1, 0.15) is 6.04 Å². The molecule has 0 aliphatic carbocycles. The van der Waals surface area contributed by atoms with Gasteiger partial charge in [0.05, 0.1) is 11.9 Å². The second-order valence-corrected chi connectivity index (χ2v) is 11.5. The van der Waals surface area contributed by atoms with Gasteiger partial charge in [-0.3, -0.25) is 13.9 Å². The van der Waals surface area contributed by atoms with Crippen molar-refractivity contribution in [1.29, 1.82) is 0 Å². The molecule has 0 bridgehead atoms. The fourth-order valence-electron chi connectivity index (χ4n) is 3.76. The number of sulfonamides is 1. The number of aryl methyl sites for hydroxylation is 3. The van der Waals surface area contributed by atoms with Gasteiger partial charge in [0.15, 0.2) is 0 Å². The Balaban J connectivity index is 2.18. The lowest BCUT2D eigenvalue weighted by Gasteiger charge is -2.30. The first-order valence-electron chi connectivity index (χ1n) is 12.0. The smallest absolute Gasteiger partial charge is 0.242 e. The van der Waals surface area contributed by atoms with E-state index in [0.717, 1.165) is 22.3 Å². The van der Waals surface area contributed by atoms with Gasteiger partial charge in [-0.1, -0.05) is 35.9 Å². The van der Waals surface area contributed by atoms with Crippen LogP contribution in [0, 0.1) is 20.8 Å². The summed E-state index contributed by atoms with van der Waals surface area (Å²) in [6.07, 6.45) is 1.63. The number of carbonyl (C=O) groups excluding carboxylic acids is 2. The zero-order valence-corrected chi connectivity index (χ0v) is 22.8. The Morgan fingerprint density at radius 3 is 2.11 bits per heavy atom. The molecular formula is C27H39N3O4S. The van der Waals surface area contributed by atoms with E-state index in [0.29, 0.717) is 18.7 Å². The average Bonchev–Trinajstić information content (AvgIpc) is 2.76. The van der Waals surface area contributed by atoms with Crippen molar-refractivity contribution in [3.63, 3.8) is 0 Å². The number of nitrogens with zero attached hydrogens (tertiary/aromatic N) is 2. The highest BCUT2D eigenvalue weighted by atomic mass is 32.2. The van der Waals surface area contributed by atoms with Gasteiger partial charge < -0.3 is 10.2 Å². The van der Waals surface area contributed by atoms with Crippen LogP contribution >= 0.6 is 0 Å². The molecule has 0 saturated heterocycles. The highest BCUT2D eigenvalue weighted by molar-refractivity contribution is 7.92. The predicted molar refractivity (Wildman–Crippen MR) is 142 cm³/mol. The Morgan fingerprint density at radius 2 is 1.57 bits per heavy atom. The van der Waals surface area contributed by atoms with Gasteiger partial charge in [0.2, 0.25) is 21.8 Å². The van der Waals surface area contributed by atoms with Crippen molar-refractivity contribution >= 4 is 27.5 Å². The van der Waals surface area contributed by atoms with Crippen molar-refractivity contribution in [1.82, 2.24) is 10.2 Å². The molecule has 0 spiro atoms. The summed E-state index contributed by atoms with van der Waals surface area (Å²) in [5, 5.41) is 2.88. The zero-order valence-electron chi connectivity index (χ0n) is 22.0. The molecular weight excluding hydrogens is 462 g/mol. The molecule has 0 heterocycles. The molecule has 0 saturated carbocycles. The Hall–Kier alpha value is -2.87. The van der Waals surface area contributed by atoms with E-state index in [4.69, 9.17) is 0 Å². The van der Waals surface area contributed by atoms with E-state index >= 15 is 0 Å². The van der Waals surface area contributed by atoms with Crippen LogP contribution in [0.5, 0.6) is 0 Å². The molecule has 2 aromatic rings. The van der Waals surface area contributed by atoms with Gasteiger partial charge in [-0.25, -0.2) is 8.42 Å². The maximum absolute atomic E-state index is 13.3. The van der Waals surface area contributed by atoms with E-state index in [9.17, 15) is 18.0 Å². The van der Waals surface area contributed by atoms with Gasteiger partial charge in [-0.2, -0.15) is 0 Å². The normalized spacial score (nSPS) is 12.3. The molecule has 0 aromatic heterocycles. The molecule has 35 heavy (non-hydrogen) atoms. The minimum absolute atomic E-state index is 0.0393. The topological polar surface area (TPSA) is 86.8 Å². The van der Waals surface area contributed by atoms with Gasteiger partial charge in [0, 0.05) is 25.6 Å². The van der Waals surface area contributed by atoms with Crippen molar-refractivity contribution in [2.24, 2.45) is 0 Å². The van der Waals surface area contributed by atoms with E-state index in [1.807, 2.05) is 71.0 Å². The summed E-state index contributed by atoms with van der Waals surface area (Å²) in [6.45, 7) is 11.9. The van der Waals surface area contributed by atoms with Crippen molar-refractivity contribution in [3.8, 4) is 0 Å². The summed E-state index contributed by atoms with van der Waals surface area (Å²) in [5.74, 6) is -0.404. The Labute approximate surface area is 210 Å². The van der Waals surface area contributed by atoms with Crippen LogP contribution in [0.4, 0.5) is 5.69 Å². The number of carbonyl (C=O) groups is 2. The van der Waals surface area contributed by atoms with Crippen LogP contribution in [0.1, 0.15) is 55.9 Å². The quantitative estimate of drug-likeness (QED) is 0.502. The molecule has 1 atom stereocenters. The Bertz CT molecular complexity index is 1130. The number of amides is 2. The van der Waals surface area contributed by atoms with Crippen LogP contribution in [0.15, 0.2) is 42.5 Å². The summed E-state index contributed by atoms with van der Waals surface area (Å²) in [5.41, 5.74) is 4.72. The van der Waals surface area contributed by atoms with Gasteiger partial charge in [0.25, 0.3) is 0 Å². The number of nitrogens with one attached hydrogen (secondary N) is 1. The summed E-state index contributed by atoms with van der Waals surface area (Å²) in [4.78, 5) is 27.6. The van der Waals surface area contributed by atoms with Crippen molar-refractivity contribution in [3.05, 3.63) is 64.7 Å². The van der Waals surface area contributed by atoms with E-state index in [-0.39, 0.29) is 30.8 Å². The van der Waals surface area contributed by atoms with Gasteiger partial charge in [-0.05, 0) is 76.8 Å². The van der Waals surface area contributed by atoms with Crippen LogP contribution in [0.2, 0.25) is 0 Å². The molecule has 0 aliphatic rings. The first-order chi connectivity index (χ1) is 16.3. The van der Waals surface area contributed by atoms with E-state index in [2.05, 4.69) is 5.32 Å². The average molecular weight is 502 g/mol. The molecule has 0 aliphatic heterocycles. The summed E-state index contributed by atoms with van der Waals surface area (Å²) in [7, 11) is -3.52. The molecule has 192 valence electrons. The van der Waals surface area contributed by atoms with Crippen LogP contribution < -0.4 is 9.62 Å². The Kier molecular flexibility index (Phi) is 9.89. The molecule has 2 amide bonds. The number of hydrogen-bond donors (Lipinski definition) is 1. The first-order valence-corrected chi connectivity index (χ1v) is 13.8. The number of anilines is 1. The van der Waals surface area contributed by atoms with Crippen molar-refractivity contribution in [2.45, 2.75) is 73.0 Å². The lowest BCUT2D eigenvalue weighted by Crippen LogP contribution is -2.49. The fraction of sp³-hybridized carbons (Fsp3) is 0.481. The highest BCUT2D eigenvalue weighted by Crippen LogP contribution is 2.22. The Morgan fingerprint density at radius 1 is 0.943 bits per heavy atom. The minimum Gasteiger partial charge on any atom is -0.352 e. The fourth-order valence-corrected chi connectivity index (χ4v) is 4.72. The van der Waals surface area contributed by atoms with Gasteiger partial charge >= 0.3 is 0 Å². The van der Waals surface area contributed by atoms with E-state index in [1.54, 1.807) is 17.9 Å². The van der Waals surface area contributed by atoms with Crippen molar-refractivity contribution < 1.29 is 18.0 Å². The summed E-state index contributed by atoms with van der Waals surface area (Å²) >= 11 is 0. The van der Waals surface area contributed by atoms with Crippen LogP contribution in [0.25, 0.3) is 0 Å². The van der Waals surface area contributed by atoms with Gasteiger partial charge in [-0.15, -0.1) is 0 Å². The monoisotopic (exact) mass is 501 g/mol. The molecule has 0 radical (unpaired) electrons. The summed E-state index contributed by atoms with van der Waals surface area (Å²) in [6, 6.07) is 12.7. The lowest BCUT2D eigenvalue weighted by atomic mass is 10.1. The van der Waals surface area contributed by atoms with E-state index < -0.39 is 16.1 Å². The lowest BCUT2D eigenvalue weighted by molar-refractivity contribution is -0.140. The first kappa shape index (κ1) is 28.4. The van der Waals surface area contributed by atoms with Crippen LogP contribution in [-0.2, 0) is 26.2 Å². The van der Waals surface area contributed by atoms with Crippen molar-refractivity contribution in [2.75, 3.05) is 17.1 Å². The SMILES string of the molecule is Cc1ccc(CN(C(=O)CCCN(c2ccc(C)c(C)c2)S(C)(=O)=O)[C@@H](C)C(=O)NC(C)C)cc1. The highest BCUT2D eigenvalue weighted by Gasteiger charge is 2.27. The number of rotatable bonds is 11. The molecule has 0 unspecified atom stereocenters. The molecule has 7 nitrogen and oxygen atoms in total. The minimum atomic E-state index is -3.52. The maximum Gasteiger partial charge on any atom is 0.242 e. The molecule has 2 aromatic carbocycles. The third-order valence-corrected chi connectivity index (χ3v) is 7.20. The predicted octanol–water partition coefficient (Wildman–Crippen LogP) is 4.10. The van der Waals surface area contributed by atoms with Crippen LogP contribution in [-0.4, -0.2) is 50.0 Å². The largest absolute Gasteiger partial charge is 0.352 e. The van der Waals surface area contributed by atoms with Crippen LogP contribution in [0.3, 0.4) is 0 Å². The molecule has 8 heteroatoms. The molecule has 0 fully saturated rings. The summed E-state index contributed by atoms with van der Waals surface area (Å²) < 4.78 is 26.3. The zero-order chi connectivity index (χ0) is 26.3. The van der Waals surface area contributed by atoms with E-state index in [1.165, 1.54) is 10.6 Å². The second kappa shape index (κ2) is 12.2. The second-order valence-electron chi connectivity index (χ2n) is 9.55. The standard InChI is InChI=1S/C27H39N3O4S/c1-19(2)28-27(32)23(6)29(18-24-13-10-20(3)11-14-24)26(31)9-8-16-30(35(7,33)34)25-15-12-21(4)22(5)17-25/h10-15,17,19,23H,8-9,16,18H2,1-7H3,(H,28,32)/t23-/m0/s1. The third-order valence-electron chi connectivity index (χ3n) is 6.00. The molecule has 1 N–H and O–H groups in total. The number of benzene rings is 2. The maximum atomic E-state index is 13.3. The molecule has 2 rings (SSSR count). The third kappa shape index (κ3) is 8.38.